The van der Waals surface area contributed by atoms with Gasteiger partial charge in [-0.15, -0.1) is 0 Å². The number of piperidine rings is 1. The Hall–Kier alpha value is -0.650. The van der Waals surface area contributed by atoms with Crippen molar-refractivity contribution in [3.05, 3.63) is 0 Å². The van der Waals surface area contributed by atoms with E-state index in [0.29, 0.717) is 6.54 Å². The molecule has 3 atom stereocenters. The number of carbonyl (C=O) groups excluding carboxylic acids is 1. The van der Waals surface area contributed by atoms with Crippen LogP contribution in [0, 0.1) is 5.92 Å². The molecule has 0 radical (unpaired) electrons. The van der Waals surface area contributed by atoms with E-state index in [1.807, 2.05) is 6.92 Å². The minimum absolute atomic E-state index is 0.00329. The molecule has 1 aliphatic heterocycles. The van der Waals surface area contributed by atoms with Gasteiger partial charge in [-0.25, -0.2) is 0 Å². The van der Waals surface area contributed by atoms with Gasteiger partial charge in [0.15, 0.2) is 0 Å². The van der Waals surface area contributed by atoms with Gasteiger partial charge in [0, 0.05) is 39.1 Å². The van der Waals surface area contributed by atoms with E-state index in [4.69, 9.17) is 5.73 Å². The number of hydrogen-bond donors (Lipinski definition) is 3. The summed E-state index contributed by atoms with van der Waals surface area (Å²) < 4.78 is 0. The van der Waals surface area contributed by atoms with E-state index in [0.717, 1.165) is 32.5 Å². The first kappa shape index (κ1) is 14.4. The molecule has 1 fully saturated rings. The molecule has 0 aromatic heterocycles. The summed E-state index contributed by atoms with van der Waals surface area (Å²) in [7, 11) is 0. The number of nitrogens with two attached hydrogens (primary N) is 1. The van der Waals surface area contributed by atoms with Gasteiger partial charge in [-0.1, -0.05) is 6.92 Å². The maximum Gasteiger partial charge on any atom is 0.216 e. The zero-order valence-corrected chi connectivity index (χ0v) is 10.9. The fourth-order valence-corrected chi connectivity index (χ4v) is 2.46. The minimum atomic E-state index is -0.260. The first-order chi connectivity index (χ1) is 8.02. The monoisotopic (exact) mass is 243 g/mol. The lowest BCUT2D eigenvalue weighted by Gasteiger charge is -2.38. The molecule has 3 unspecified atom stereocenters. The van der Waals surface area contributed by atoms with Crippen molar-refractivity contribution in [3.63, 3.8) is 0 Å². The number of nitrogens with one attached hydrogen (secondary N) is 1. The lowest BCUT2D eigenvalue weighted by molar-refractivity contribution is -0.119. The molecule has 0 saturated carbocycles. The number of aliphatic hydroxyl groups excluding tert-OH is 1. The van der Waals surface area contributed by atoms with Crippen molar-refractivity contribution in [2.75, 3.05) is 26.2 Å². The molecule has 5 heteroatoms. The predicted octanol–water partition coefficient (Wildman–Crippen LogP) is -0.457. The third kappa shape index (κ3) is 5.02. The molecule has 0 aromatic rings. The van der Waals surface area contributed by atoms with Gasteiger partial charge in [0.2, 0.25) is 5.91 Å². The van der Waals surface area contributed by atoms with Crippen LogP contribution in [0.1, 0.15) is 26.7 Å². The molecule has 4 N–H and O–H groups in total. The smallest absolute Gasteiger partial charge is 0.216 e. The third-order valence-corrected chi connectivity index (χ3v) is 3.36. The highest BCUT2D eigenvalue weighted by molar-refractivity contribution is 5.72. The van der Waals surface area contributed by atoms with E-state index in [1.165, 1.54) is 6.92 Å². The van der Waals surface area contributed by atoms with Crippen LogP contribution in [0.4, 0.5) is 0 Å². The van der Waals surface area contributed by atoms with E-state index >= 15 is 0 Å². The van der Waals surface area contributed by atoms with E-state index in [-0.39, 0.29) is 24.0 Å². The molecule has 0 spiro atoms. The van der Waals surface area contributed by atoms with Gasteiger partial charge in [0.05, 0.1) is 6.10 Å². The molecule has 5 nitrogen and oxygen atoms in total. The molecule has 0 aromatic carbocycles. The molecule has 100 valence electrons. The van der Waals surface area contributed by atoms with Crippen LogP contribution in [0.5, 0.6) is 0 Å². The molecular formula is C12H25N3O2. The lowest BCUT2D eigenvalue weighted by Crippen LogP contribution is -2.51. The van der Waals surface area contributed by atoms with Crippen LogP contribution < -0.4 is 11.1 Å². The highest BCUT2D eigenvalue weighted by atomic mass is 16.3. The van der Waals surface area contributed by atoms with Crippen LogP contribution in [0.2, 0.25) is 0 Å². The van der Waals surface area contributed by atoms with Crippen molar-refractivity contribution in [2.24, 2.45) is 11.7 Å². The van der Waals surface area contributed by atoms with E-state index < -0.39 is 0 Å². The largest absolute Gasteiger partial charge is 0.393 e. The van der Waals surface area contributed by atoms with Gasteiger partial charge in [0.1, 0.15) is 0 Å². The summed E-state index contributed by atoms with van der Waals surface area (Å²) in [6.45, 7) is 6.70. The highest BCUT2D eigenvalue weighted by Gasteiger charge is 2.28. The van der Waals surface area contributed by atoms with Crippen LogP contribution in [0.3, 0.4) is 0 Å². The van der Waals surface area contributed by atoms with Gasteiger partial charge < -0.3 is 16.2 Å². The Bertz CT molecular complexity index is 248. The van der Waals surface area contributed by atoms with Gasteiger partial charge in [-0.05, 0) is 18.8 Å². The van der Waals surface area contributed by atoms with Gasteiger partial charge >= 0.3 is 0 Å². The number of rotatable bonds is 5. The summed E-state index contributed by atoms with van der Waals surface area (Å²) in [6.07, 6.45) is 1.41. The second-order valence-corrected chi connectivity index (χ2v) is 4.97. The summed E-state index contributed by atoms with van der Waals surface area (Å²) >= 11 is 0. The second-order valence-electron chi connectivity index (χ2n) is 4.97. The van der Waals surface area contributed by atoms with Gasteiger partial charge in [-0.3, -0.25) is 9.69 Å². The molecule has 1 amide bonds. The number of likely N-dealkylation sites (tertiary alicyclic amines) is 1. The van der Waals surface area contributed by atoms with Crippen LogP contribution in [-0.4, -0.2) is 54.2 Å². The fraction of sp³-hybridized carbons (Fsp3) is 0.917. The van der Waals surface area contributed by atoms with Crippen molar-refractivity contribution in [1.29, 1.82) is 0 Å². The number of aliphatic hydroxyl groups is 1. The van der Waals surface area contributed by atoms with Crippen molar-refractivity contribution in [1.82, 2.24) is 10.2 Å². The van der Waals surface area contributed by atoms with Gasteiger partial charge in [0.25, 0.3) is 0 Å². The summed E-state index contributed by atoms with van der Waals surface area (Å²) in [6, 6.07) is 0.132. The zero-order valence-electron chi connectivity index (χ0n) is 10.9. The van der Waals surface area contributed by atoms with Gasteiger partial charge in [-0.2, -0.15) is 0 Å². The van der Waals surface area contributed by atoms with Crippen molar-refractivity contribution in [3.8, 4) is 0 Å². The summed E-state index contributed by atoms with van der Waals surface area (Å²) in [5, 5.41) is 12.7. The molecule has 1 rings (SSSR count). The maximum absolute atomic E-state index is 10.8. The molecule has 1 heterocycles. The maximum atomic E-state index is 10.8. The number of carbonyl (C=O) groups is 1. The zero-order chi connectivity index (χ0) is 12.8. The second kappa shape index (κ2) is 6.93. The first-order valence-corrected chi connectivity index (χ1v) is 6.43. The SMILES string of the molecule is CCC(O)C1CC(N)CN(CCNC(C)=O)C1. The predicted molar refractivity (Wildman–Crippen MR) is 67.5 cm³/mol. The van der Waals surface area contributed by atoms with Crippen LogP contribution in [-0.2, 0) is 4.79 Å². The third-order valence-electron chi connectivity index (χ3n) is 3.36. The summed E-state index contributed by atoms with van der Waals surface area (Å²) in [5.74, 6) is 0.262. The standard InChI is InChI=1S/C12H25N3O2/c1-3-12(17)10-6-11(13)8-15(7-10)5-4-14-9(2)16/h10-12,17H,3-8,13H2,1-2H3,(H,14,16). The van der Waals surface area contributed by atoms with Crippen molar-refractivity contribution < 1.29 is 9.90 Å². The average Bonchev–Trinajstić information content (AvgIpc) is 2.26. The lowest BCUT2D eigenvalue weighted by atomic mass is 9.89. The molecule has 17 heavy (non-hydrogen) atoms. The Kier molecular flexibility index (Phi) is 5.88. The Balaban J connectivity index is 2.36. The Morgan fingerprint density at radius 1 is 1.59 bits per heavy atom. The van der Waals surface area contributed by atoms with Crippen LogP contribution in [0.25, 0.3) is 0 Å². The molecular weight excluding hydrogens is 218 g/mol. The normalized spacial score (nSPS) is 27.8. The van der Waals surface area contributed by atoms with Crippen LogP contribution >= 0.6 is 0 Å². The van der Waals surface area contributed by atoms with E-state index in [1.54, 1.807) is 0 Å². The molecule has 0 aliphatic carbocycles. The Labute approximate surface area is 103 Å². The topological polar surface area (TPSA) is 78.6 Å². The quantitative estimate of drug-likeness (QED) is 0.611. The minimum Gasteiger partial charge on any atom is -0.393 e. The number of nitrogens with zero attached hydrogens (tertiary/aromatic N) is 1. The van der Waals surface area contributed by atoms with Crippen LogP contribution in [0.15, 0.2) is 0 Å². The molecule has 0 bridgehead atoms. The fourth-order valence-electron chi connectivity index (χ4n) is 2.46. The first-order valence-electron chi connectivity index (χ1n) is 6.43. The number of amides is 1. The van der Waals surface area contributed by atoms with E-state index in [2.05, 4.69) is 10.2 Å². The Morgan fingerprint density at radius 3 is 2.88 bits per heavy atom. The van der Waals surface area contributed by atoms with Crippen molar-refractivity contribution in [2.45, 2.75) is 38.8 Å². The highest BCUT2D eigenvalue weighted by Crippen LogP contribution is 2.20. The summed E-state index contributed by atoms with van der Waals surface area (Å²) in [5.41, 5.74) is 6.00. The average molecular weight is 243 g/mol. The summed E-state index contributed by atoms with van der Waals surface area (Å²) in [4.78, 5) is 13.0. The number of hydrogen-bond acceptors (Lipinski definition) is 4. The van der Waals surface area contributed by atoms with E-state index in [9.17, 15) is 9.90 Å². The Morgan fingerprint density at radius 2 is 2.29 bits per heavy atom. The molecule has 1 aliphatic rings. The van der Waals surface area contributed by atoms with Crippen molar-refractivity contribution >= 4 is 5.91 Å². The molecule has 1 saturated heterocycles.